The summed E-state index contributed by atoms with van der Waals surface area (Å²) in [5, 5.41) is 13.2. The average molecular weight is 458 g/mol. The second kappa shape index (κ2) is 11.7. The quantitative estimate of drug-likeness (QED) is 0.299. The molecule has 0 unspecified atom stereocenters. The number of aromatic nitrogens is 2. The lowest BCUT2D eigenvalue weighted by Crippen LogP contribution is -2.23. The Hall–Kier alpha value is -1.66. The van der Waals surface area contributed by atoms with E-state index < -0.39 is 17.7 Å². The van der Waals surface area contributed by atoms with Gasteiger partial charge in [0, 0.05) is 49.2 Å². The first-order valence-electron chi connectivity index (χ1n) is 9.65. The van der Waals surface area contributed by atoms with E-state index in [0.29, 0.717) is 16.9 Å². The van der Waals surface area contributed by atoms with Crippen LogP contribution in [0.3, 0.4) is 0 Å². The molecule has 2 aromatic rings. The van der Waals surface area contributed by atoms with Crippen molar-refractivity contribution in [3.05, 3.63) is 41.5 Å². The van der Waals surface area contributed by atoms with Gasteiger partial charge in [0.25, 0.3) is 0 Å². The molecule has 3 N–H and O–H groups in total. The zero-order valence-corrected chi connectivity index (χ0v) is 18.2. The summed E-state index contributed by atoms with van der Waals surface area (Å²) < 4.78 is 38.3. The first kappa shape index (κ1) is 23.0. The molecule has 164 valence electrons. The van der Waals surface area contributed by atoms with Crippen LogP contribution < -0.4 is 14.8 Å². The maximum absolute atomic E-state index is 13.9. The van der Waals surface area contributed by atoms with Crippen LogP contribution in [0.5, 0.6) is 5.88 Å². The van der Waals surface area contributed by atoms with Crippen molar-refractivity contribution in [3.8, 4) is 5.88 Å². The van der Waals surface area contributed by atoms with E-state index in [9.17, 15) is 13.9 Å². The number of anilines is 1. The first-order valence-corrected chi connectivity index (χ1v) is 11.4. The molecule has 1 aliphatic rings. The number of ether oxygens (including phenoxy) is 1. The molecule has 1 aliphatic heterocycles. The van der Waals surface area contributed by atoms with Crippen LogP contribution in [0.15, 0.2) is 29.4 Å². The van der Waals surface area contributed by atoms with Gasteiger partial charge in [0.05, 0.1) is 6.10 Å². The number of hydrogen-bond donors (Lipinski definition) is 3. The second-order valence-corrected chi connectivity index (χ2v) is 8.61. The molecule has 0 spiro atoms. The van der Waals surface area contributed by atoms with Gasteiger partial charge in [-0.1, -0.05) is 23.9 Å². The number of benzene rings is 1. The summed E-state index contributed by atoms with van der Waals surface area (Å²) in [7, 11) is 0. The molecule has 3 rings (SSSR count). The zero-order valence-electron chi connectivity index (χ0n) is 16.6. The highest BCUT2D eigenvalue weighted by Gasteiger charge is 2.14. The van der Waals surface area contributed by atoms with E-state index in [1.807, 2.05) is 0 Å². The van der Waals surface area contributed by atoms with E-state index in [1.165, 1.54) is 36.0 Å². The Morgan fingerprint density at radius 2 is 2.17 bits per heavy atom. The van der Waals surface area contributed by atoms with Crippen LogP contribution in [0.2, 0.25) is 0 Å². The SMILES string of the molecule is C[C@@H](O)COc1cc(NSN2CCCNCC2)nc(SCc2cccc(F)c2F)n1. The molecule has 1 aromatic heterocycles. The molecule has 1 saturated heterocycles. The van der Waals surface area contributed by atoms with Crippen molar-refractivity contribution in [2.75, 3.05) is 37.5 Å². The minimum Gasteiger partial charge on any atom is -0.475 e. The van der Waals surface area contributed by atoms with Gasteiger partial charge in [-0.2, -0.15) is 4.98 Å². The molecule has 1 aromatic carbocycles. The van der Waals surface area contributed by atoms with Crippen molar-refractivity contribution in [1.82, 2.24) is 19.6 Å². The fraction of sp³-hybridized carbons (Fsp3) is 0.474. The fourth-order valence-electron chi connectivity index (χ4n) is 2.63. The third-order valence-corrected chi connectivity index (χ3v) is 5.94. The summed E-state index contributed by atoms with van der Waals surface area (Å²) in [6.45, 7) is 5.47. The summed E-state index contributed by atoms with van der Waals surface area (Å²) >= 11 is 2.63. The first-order chi connectivity index (χ1) is 14.5. The highest BCUT2D eigenvalue weighted by molar-refractivity contribution is 7.98. The average Bonchev–Trinajstić information content (AvgIpc) is 3.01. The molecule has 0 amide bonds. The van der Waals surface area contributed by atoms with Gasteiger partial charge in [0.2, 0.25) is 5.88 Å². The largest absolute Gasteiger partial charge is 0.475 e. The Labute approximate surface area is 183 Å². The van der Waals surface area contributed by atoms with Crippen LogP contribution in [0.25, 0.3) is 0 Å². The zero-order chi connectivity index (χ0) is 21.3. The van der Waals surface area contributed by atoms with Gasteiger partial charge in [-0.05, 0) is 26.0 Å². The third kappa shape index (κ3) is 7.24. The van der Waals surface area contributed by atoms with E-state index in [0.717, 1.165) is 38.7 Å². The highest BCUT2D eigenvalue weighted by atomic mass is 32.2. The Morgan fingerprint density at radius 3 is 3.00 bits per heavy atom. The van der Waals surface area contributed by atoms with Crippen molar-refractivity contribution in [2.45, 2.75) is 30.4 Å². The normalized spacial score (nSPS) is 16.1. The van der Waals surface area contributed by atoms with Crippen LogP contribution in [-0.4, -0.2) is 58.3 Å². The Kier molecular flexibility index (Phi) is 8.94. The molecular formula is C19H25F2N5O2S2. The predicted molar refractivity (Wildman–Crippen MR) is 115 cm³/mol. The van der Waals surface area contributed by atoms with Crippen LogP contribution in [0, 0.1) is 11.6 Å². The molecule has 11 heteroatoms. The van der Waals surface area contributed by atoms with Crippen molar-refractivity contribution >= 4 is 29.7 Å². The molecule has 7 nitrogen and oxygen atoms in total. The maximum atomic E-state index is 13.9. The molecule has 30 heavy (non-hydrogen) atoms. The number of nitrogens with zero attached hydrogens (tertiary/aromatic N) is 3. The third-order valence-electron chi connectivity index (χ3n) is 4.12. The Morgan fingerprint density at radius 1 is 1.30 bits per heavy atom. The molecule has 0 radical (unpaired) electrons. The molecule has 0 bridgehead atoms. The van der Waals surface area contributed by atoms with Crippen LogP contribution >= 0.6 is 23.9 Å². The monoisotopic (exact) mass is 457 g/mol. The number of hydrogen-bond acceptors (Lipinski definition) is 9. The predicted octanol–water partition coefficient (Wildman–Crippen LogP) is 3.08. The van der Waals surface area contributed by atoms with Crippen molar-refractivity contribution in [2.24, 2.45) is 0 Å². The van der Waals surface area contributed by atoms with Gasteiger partial charge in [-0.25, -0.2) is 18.1 Å². The molecule has 1 fully saturated rings. The van der Waals surface area contributed by atoms with E-state index in [-0.39, 0.29) is 17.9 Å². The standard InChI is InChI=1S/C19H25F2N5O2S2/c1-13(27)11-28-17-10-16(25-30-26-8-3-6-22-7-9-26)23-19(24-17)29-12-14-4-2-5-15(20)18(14)21/h2,4-5,10,13,22,27H,3,6-9,11-12H2,1H3,(H,23,24,25)/t13-/m1/s1. The van der Waals surface area contributed by atoms with E-state index in [2.05, 4.69) is 24.3 Å². The molecule has 0 saturated carbocycles. The maximum Gasteiger partial charge on any atom is 0.219 e. The summed E-state index contributed by atoms with van der Waals surface area (Å²) in [6, 6.07) is 5.74. The fourth-order valence-corrected chi connectivity index (χ4v) is 4.18. The van der Waals surface area contributed by atoms with Gasteiger partial charge < -0.3 is 19.9 Å². The van der Waals surface area contributed by atoms with Gasteiger partial charge in [-0.15, -0.1) is 0 Å². The van der Waals surface area contributed by atoms with Crippen molar-refractivity contribution in [1.29, 1.82) is 0 Å². The summed E-state index contributed by atoms with van der Waals surface area (Å²) in [5.41, 5.74) is 0.236. The number of thioether (sulfide) groups is 1. The van der Waals surface area contributed by atoms with Crippen LogP contribution in [0.1, 0.15) is 18.9 Å². The number of nitrogens with one attached hydrogen (secondary N) is 2. The minimum absolute atomic E-state index is 0.0873. The van der Waals surface area contributed by atoms with E-state index in [4.69, 9.17) is 4.74 Å². The Bertz CT molecular complexity index is 824. The topological polar surface area (TPSA) is 82.5 Å². The number of aliphatic hydroxyl groups is 1. The second-order valence-electron chi connectivity index (χ2n) is 6.76. The van der Waals surface area contributed by atoms with Gasteiger partial charge in [0.1, 0.15) is 12.4 Å². The molecule has 2 heterocycles. The number of aliphatic hydroxyl groups excluding tert-OH is 1. The van der Waals surface area contributed by atoms with E-state index in [1.54, 1.807) is 13.0 Å². The molecular weight excluding hydrogens is 432 g/mol. The Balaban J connectivity index is 1.69. The number of halogens is 2. The molecule has 1 atom stereocenters. The summed E-state index contributed by atoms with van der Waals surface area (Å²) in [6.07, 6.45) is 0.412. The smallest absolute Gasteiger partial charge is 0.219 e. The van der Waals surface area contributed by atoms with Crippen molar-refractivity contribution < 1.29 is 18.6 Å². The lowest BCUT2D eigenvalue weighted by molar-refractivity contribution is 0.119. The van der Waals surface area contributed by atoms with Crippen molar-refractivity contribution in [3.63, 3.8) is 0 Å². The van der Waals surface area contributed by atoms with Gasteiger partial charge in [0.15, 0.2) is 16.8 Å². The summed E-state index contributed by atoms with van der Waals surface area (Å²) in [4.78, 5) is 8.77. The number of rotatable bonds is 9. The van der Waals surface area contributed by atoms with E-state index >= 15 is 0 Å². The molecule has 0 aliphatic carbocycles. The highest BCUT2D eigenvalue weighted by Crippen LogP contribution is 2.27. The van der Waals surface area contributed by atoms with Gasteiger partial charge in [-0.3, -0.25) is 0 Å². The lowest BCUT2D eigenvalue weighted by atomic mass is 10.2. The van der Waals surface area contributed by atoms with Gasteiger partial charge >= 0.3 is 0 Å². The summed E-state index contributed by atoms with van der Waals surface area (Å²) in [5.74, 6) is -0.735. The minimum atomic E-state index is -0.881. The van der Waals surface area contributed by atoms with Crippen LogP contribution in [-0.2, 0) is 5.75 Å². The van der Waals surface area contributed by atoms with Crippen LogP contribution in [0.4, 0.5) is 14.6 Å². The lowest BCUT2D eigenvalue weighted by Gasteiger charge is -2.18.